The number of aromatic hydroxyl groups is 1. The zero-order chi connectivity index (χ0) is 47.0. The number of hydrogen-bond acceptors (Lipinski definition) is 10. The highest BCUT2D eigenvalue weighted by atomic mass is 32.2. The van der Waals surface area contributed by atoms with Crippen LogP contribution in [0.1, 0.15) is 56.2 Å². The molecule has 6 atom stereocenters. The Balaban J connectivity index is 1.31. The molecular weight excluding hydrogens is 851 g/mol. The topological polar surface area (TPSA) is 287 Å². The summed E-state index contributed by atoms with van der Waals surface area (Å²) in [4.78, 5) is 88.5. The second-order valence-corrected chi connectivity index (χ2v) is 17.5. The van der Waals surface area contributed by atoms with Gasteiger partial charge < -0.3 is 58.2 Å². The molecule has 0 fully saturated rings. The maximum Gasteiger partial charge on any atom is 0.326 e. The molecule has 5 aromatic rings. The lowest BCUT2D eigenvalue weighted by Crippen LogP contribution is -2.60. The van der Waals surface area contributed by atoms with Gasteiger partial charge in [-0.25, -0.2) is 4.79 Å². The van der Waals surface area contributed by atoms with Crippen molar-refractivity contribution in [2.45, 2.75) is 95.0 Å². The molecule has 18 heteroatoms. The Morgan fingerprint density at radius 3 is 1.74 bits per heavy atom. The van der Waals surface area contributed by atoms with Crippen LogP contribution >= 0.6 is 11.8 Å². The van der Waals surface area contributed by atoms with Gasteiger partial charge >= 0.3 is 5.97 Å². The van der Waals surface area contributed by atoms with Crippen molar-refractivity contribution in [3.05, 3.63) is 102 Å². The highest BCUT2D eigenvalue weighted by molar-refractivity contribution is 7.98. The van der Waals surface area contributed by atoms with Crippen molar-refractivity contribution in [3.63, 3.8) is 0 Å². The monoisotopic (exact) mass is 911 g/mol. The molecule has 0 spiro atoms. The number of rotatable bonds is 25. The molecule has 0 saturated carbocycles. The number of hydrogen-bond donors (Lipinski definition) is 11. The van der Waals surface area contributed by atoms with Crippen LogP contribution in [0.3, 0.4) is 0 Å². The molecule has 65 heavy (non-hydrogen) atoms. The standard InChI is InChI=1S/C47H61N9O8S/c1-27(2)41(46(62)55-40(47(63)64)24-30-26-51-36-13-7-5-11-33(30)36)56-44(60)38(19-21-65-3)53-45(61)39(22-28-15-17-31(57)18-16-28)54-43(59)37(14-8-9-20-48)52-42(58)34(49)23-29-25-50-35-12-6-4-10-32(29)35/h4-7,10-13,15-18,25-27,34,37-41,50-51,57H,8-9,14,19-24,48-49H2,1-3H3,(H,52,58)(H,53,61)(H,54,59)(H,55,62)(H,56,60)(H,63,64)/t34-,37-,38-,39-,40-,41-/m0/s1. The summed E-state index contributed by atoms with van der Waals surface area (Å²) in [5.41, 5.74) is 16.0. The predicted molar refractivity (Wildman–Crippen MR) is 252 cm³/mol. The summed E-state index contributed by atoms with van der Waals surface area (Å²) in [6.45, 7) is 3.77. The Labute approximate surface area is 382 Å². The second kappa shape index (κ2) is 24.1. The highest BCUT2D eigenvalue weighted by Gasteiger charge is 2.34. The second-order valence-electron chi connectivity index (χ2n) is 16.5. The summed E-state index contributed by atoms with van der Waals surface area (Å²) >= 11 is 1.43. The number of unbranched alkanes of at least 4 members (excludes halogenated alkanes) is 1. The van der Waals surface area contributed by atoms with Crippen LogP contribution in [0.15, 0.2) is 85.2 Å². The minimum atomic E-state index is -1.31. The van der Waals surface area contributed by atoms with Crippen molar-refractivity contribution in [1.29, 1.82) is 0 Å². The number of carboxylic acids is 1. The van der Waals surface area contributed by atoms with Crippen LogP contribution in [-0.4, -0.2) is 110 Å². The summed E-state index contributed by atoms with van der Waals surface area (Å²) in [5, 5.41) is 35.5. The molecule has 2 aromatic heterocycles. The van der Waals surface area contributed by atoms with Gasteiger partial charge in [0, 0.05) is 47.0 Å². The Morgan fingerprint density at radius 1 is 0.631 bits per heavy atom. The van der Waals surface area contributed by atoms with E-state index < -0.39 is 77.7 Å². The molecule has 5 rings (SSSR count). The number of fused-ring (bicyclic) bond motifs is 2. The molecule has 0 aliphatic rings. The van der Waals surface area contributed by atoms with Gasteiger partial charge in [0.15, 0.2) is 0 Å². The van der Waals surface area contributed by atoms with Gasteiger partial charge in [-0.3, -0.25) is 24.0 Å². The van der Waals surface area contributed by atoms with Crippen molar-refractivity contribution < 1.29 is 39.0 Å². The summed E-state index contributed by atoms with van der Waals surface area (Å²) in [5.74, 6) is -4.63. The SMILES string of the molecule is CSCC[C@H](NC(=O)[C@H](Cc1ccc(O)cc1)NC(=O)[C@H](CCCCN)NC(=O)[C@@H](N)Cc1c[nH]c2ccccc12)C(=O)N[C@H](C(=O)N[C@@H](Cc1c[nH]c2ccccc12)C(=O)O)C(C)C. The number of aliphatic carboxylic acids is 1. The van der Waals surface area contributed by atoms with Crippen LogP contribution in [0.2, 0.25) is 0 Å². The number of aromatic nitrogens is 2. The third kappa shape index (κ3) is 14.1. The lowest BCUT2D eigenvalue weighted by Gasteiger charge is -2.28. The molecule has 0 aliphatic carbocycles. The Hall–Kier alpha value is -6.37. The number of thioether (sulfide) groups is 1. The van der Waals surface area contributed by atoms with E-state index in [9.17, 15) is 39.0 Å². The maximum absolute atomic E-state index is 14.3. The molecule has 0 saturated heterocycles. The van der Waals surface area contributed by atoms with Crippen molar-refractivity contribution in [1.82, 2.24) is 36.6 Å². The van der Waals surface area contributed by atoms with Crippen molar-refractivity contribution >= 4 is 69.1 Å². The maximum atomic E-state index is 14.3. The first-order valence-corrected chi connectivity index (χ1v) is 23.2. The predicted octanol–water partition coefficient (Wildman–Crippen LogP) is 2.76. The van der Waals surface area contributed by atoms with E-state index in [1.165, 1.54) is 23.9 Å². The van der Waals surface area contributed by atoms with Gasteiger partial charge in [0.05, 0.1) is 6.04 Å². The summed E-state index contributed by atoms with van der Waals surface area (Å²) in [7, 11) is 0. The first kappa shape index (κ1) is 49.6. The highest BCUT2D eigenvalue weighted by Crippen LogP contribution is 2.21. The number of para-hydroxylation sites is 2. The number of carbonyl (C=O) groups is 6. The van der Waals surface area contributed by atoms with E-state index in [2.05, 4.69) is 36.6 Å². The molecule has 2 heterocycles. The fraction of sp³-hybridized carbons (Fsp3) is 0.404. The molecular formula is C47H61N9O8S. The number of nitrogens with two attached hydrogens (primary N) is 2. The minimum absolute atomic E-state index is 0.00405. The Bertz CT molecular complexity index is 2400. The molecule has 348 valence electrons. The number of nitrogens with one attached hydrogen (secondary N) is 7. The largest absolute Gasteiger partial charge is 0.508 e. The lowest BCUT2D eigenvalue weighted by molar-refractivity contribution is -0.142. The van der Waals surface area contributed by atoms with E-state index >= 15 is 0 Å². The molecule has 3 aromatic carbocycles. The number of aromatic amines is 2. The molecule has 17 nitrogen and oxygen atoms in total. The normalized spacial score (nSPS) is 14.2. The Kier molecular flexibility index (Phi) is 18.4. The molecule has 0 bridgehead atoms. The first-order chi connectivity index (χ1) is 31.2. The van der Waals surface area contributed by atoms with E-state index in [-0.39, 0.29) is 37.9 Å². The quantitative estimate of drug-likeness (QED) is 0.0379. The fourth-order valence-electron chi connectivity index (χ4n) is 7.57. The van der Waals surface area contributed by atoms with E-state index in [4.69, 9.17) is 11.5 Å². The van der Waals surface area contributed by atoms with Gasteiger partial charge in [-0.05, 0) is 97.5 Å². The molecule has 0 aliphatic heterocycles. The molecule has 0 radical (unpaired) electrons. The minimum Gasteiger partial charge on any atom is -0.508 e. The number of carboxylic acid groups (broad SMARTS) is 1. The average molecular weight is 912 g/mol. The molecule has 5 amide bonds. The van der Waals surface area contributed by atoms with Crippen molar-refractivity contribution in [3.8, 4) is 5.75 Å². The zero-order valence-electron chi connectivity index (χ0n) is 36.9. The third-order valence-electron chi connectivity index (χ3n) is 11.2. The van der Waals surface area contributed by atoms with Crippen LogP contribution in [0.5, 0.6) is 5.75 Å². The number of carbonyl (C=O) groups excluding carboxylic acids is 5. The van der Waals surface area contributed by atoms with Crippen molar-refractivity contribution in [2.24, 2.45) is 17.4 Å². The van der Waals surface area contributed by atoms with Crippen molar-refractivity contribution in [2.75, 3.05) is 18.6 Å². The molecule has 0 unspecified atom stereocenters. The van der Waals surface area contributed by atoms with Crippen LogP contribution in [-0.2, 0) is 48.0 Å². The van der Waals surface area contributed by atoms with Gasteiger partial charge in [-0.2, -0.15) is 11.8 Å². The third-order valence-corrected chi connectivity index (χ3v) is 11.9. The average Bonchev–Trinajstić information content (AvgIpc) is 3.90. The zero-order valence-corrected chi connectivity index (χ0v) is 37.7. The fourth-order valence-corrected chi connectivity index (χ4v) is 8.04. The number of benzene rings is 3. The van der Waals surface area contributed by atoms with E-state index in [1.54, 1.807) is 38.4 Å². The van der Waals surface area contributed by atoms with Gasteiger partial charge in [0.25, 0.3) is 0 Å². The number of phenols is 1. The number of phenolic OH excluding ortho intramolecular Hbond substituents is 1. The first-order valence-electron chi connectivity index (χ1n) is 21.8. The van der Waals surface area contributed by atoms with Crippen LogP contribution in [0.4, 0.5) is 0 Å². The number of amides is 5. The van der Waals surface area contributed by atoms with Gasteiger partial charge in [0.1, 0.15) is 36.0 Å². The summed E-state index contributed by atoms with van der Waals surface area (Å²) in [6.07, 6.45) is 6.86. The van der Waals surface area contributed by atoms with E-state index in [0.717, 1.165) is 27.4 Å². The number of H-pyrrole nitrogens is 2. The van der Waals surface area contributed by atoms with Crippen LogP contribution in [0.25, 0.3) is 21.8 Å². The van der Waals surface area contributed by atoms with E-state index in [1.807, 2.05) is 54.8 Å². The summed E-state index contributed by atoms with van der Waals surface area (Å²) < 4.78 is 0. The van der Waals surface area contributed by atoms with Crippen LogP contribution < -0.4 is 38.1 Å². The van der Waals surface area contributed by atoms with Gasteiger partial charge in [-0.1, -0.05) is 62.4 Å². The van der Waals surface area contributed by atoms with Gasteiger partial charge in [-0.15, -0.1) is 0 Å². The Morgan fingerprint density at radius 2 is 1.15 bits per heavy atom. The van der Waals surface area contributed by atoms with E-state index in [0.29, 0.717) is 36.3 Å². The smallest absolute Gasteiger partial charge is 0.326 e. The summed E-state index contributed by atoms with van der Waals surface area (Å²) in [6, 6.07) is 14.1. The van der Waals surface area contributed by atoms with Gasteiger partial charge in [0.2, 0.25) is 29.5 Å². The lowest BCUT2D eigenvalue weighted by atomic mass is 10.00. The molecule has 13 N–H and O–H groups in total. The van der Waals surface area contributed by atoms with Crippen LogP contribution in [0, 0.1) is 5.92 Å².